The Kier molecular flexibility index (Phi) is 3.71. The van der Waals surface area contributed by atoms with Crippen molar-refractivity contribution in [3.05, 3.63) is 75.6 Å². The number of nitro groups is 1. The van der Waals surface area contributed by atoms with E-state index in [-0.39, 0.29) is 11.5 Å². The van der Waals surface area contributed by atoms with Gasteiger partial charge in [0.15, 0.2) is 0 Å². The largest absolute Gasteiger partial charge is 0.276 e. The van der Waals surface area contributed by atoms with E-state index in [1.165, 1.54) is 18.2 Å². The number of allylic oxidation sites excluding steroid dienone is 1. The summed E-state index contributed by atoms with van der Waals surface area (Å²) < 4.78 is 12.8. The second kappa shape index (κ2) is 5.44. The van der Waals surface area contributed by atoms with Gasteiger partial charge in [0.2, 0.25) is 0 Å². The Bertz CT molecular complexity index is 633. The summed E-state index contributed by atoms with van der Waals surface area (Å²) in [5.41, 5.74) is 2.27. The zero-order valence-electron chi connectivity index (χ0n) is 10.3. The molecule has 0 heterocycles. The molecular formula is C15H12FNO2. The summed E-state index contributed by atoms with van der Waals surface area (Å²) in [4.78, 5) is 10.5. The average Bonchev–Trinajstić information content (AvgIpc) is 2.39. The van der Waals surface area contributed by atoms with Crippen molar-refractivity contribution < 1.29 is 9.31 Å². The van der Waals surface area contributed by atoms with Crippen LogP contribution in [0.2, 0.25) is 0 Å². The van der Waals surface area contributed by atoms with Gasteiger partial charge in [-0.3, -0.25) is 10.1 Å². The molecule has 0 aromatic heterocycles. The molecule has 2 aromatic carbocycles. The van der Waals surface area contributed by atoms with E-state index in [4.69, 9.17) is 0 Å². The van der Waals surface area contributed by atoms with Crippen molar-refractivity contribution in [2.24, 2.45) is 0 Å². The molecule has 96 valence electrons. The summed E-state index contributed by atoms with van der Waals surface area (Å²) in [6.45, 7) is 1.84. The molecular weight excluding hydrogens is 245 g/mol. The molecule has 0 aliphatic heterocycles. The first-order chi connectivity index (χ1) is 9.08. The van der Waals surface area contributed by atoms with Crippen molar-refractivity contribution >= 4 is 17.3 Å². The third kappa shape index (κ3) is 3.04. The number of hydrogen-bond acceptors (Lipinski definition) is 2. The third-order valence-corrected chi connectivity index (χ3v) is 2.81. The smallest absolute Gasteiger partial charge is 0.258 e. The lowest BCUT2D eigenvalue weighted by molar-refractivity contribution is -0.385. The molecule has 2 aromatic rings. The maximum atomic E-state index is 12.8. The molecule has 0 aliphatic rings. The quantitative estimate of drug-likeness (QED) is 0.467. The van der Waals surface area contributed by atoms with Gasteiger partial charge in [0.25, 0.3) is 5.69 Å². The SMILES string of the molecule is CC(=Cc1ccccc1[N+](=O)[O-])c1ccc(F)cc1. The van der Waals surface area contributed by atoms with Crippen molar-refractivity contribution in [1.29, 1.82) is 0 Å². The van der Waals surface area contributed by atoms with Crippen LogP contribution in [0.5, 0.6) is 0 Å². The van der Waals surface area contributed by atoms with Crippen LogP contribution in [0.25, 0.3) is 11.6 Å². The van der Waals surface area contributed by atoms with Gasteiger partial charge in [0.05, 0.1) is 10.5 Å². The zero-order valence-corrected chi connectivity index (χ0v) is 10.3. The Labute approximate surface area is 110 Å². The third-order valence-electron chi connectivity index (χ3n) is 2.81. The monoisotopic (exact) mass is 257 g/mol. The normalized spacial score (nSPS) is 11.4. The van der Waals surface area contributed by atoms with Crippen LogP contribution in [0.3, 0.4) is 0 Å². The summed E-state index contributed by atoms with van der Waals surface area (Å²) in [6.07, 6.45) is 1.73. The zero-order chi connectivity index (χ0) is 13.8. The number of nitro benzene ring substituents is 1. The highest BCUT2D eigenvalue weighted by atomic mass is 19.1. The minimum atomic E-state index is -0.413. The van der Waals surface area contributed by atoms with Crippen LogP contribution in [0.4, 0.5) is 10.1 Å². The number of halogens is 1. The van der Waals surface area contributed by atoms with Crippen LogP contribution in [0.15, 0.2) is 48.5 Å². The predicted molar refractivity (Wildman–Crippen MR) is 73.0 cm³/mol. The van der Waals surface area contributed by atoms with E-state index in [1.54, 1.807) is 36.4 Å². The van der Waals surface area contributed by atoms with Crippen molar-refractivity contribution in [1.82, 2.24) is 0 Å². The van der Waals surface area contributed by atoms with Gasteiger partial charge in [-0.05, 0) is 42.3 Å². The van der Waals surface area contributed by atoms with E-state index in [2.05, 4.69) is 0 Å². The lowest BCUT2D eigenvalue weighted by Crippen LogP contribution is -1.91. The number of nitrogens with zero attached hydrogens (tertiary/aromatic N) is 1. The van der Waals surface area contributed by atoms with Crippen molar-refractivity contribution in [2.75, 3.05) is 0 Å². The molecule has 0 bridgehead atoms. The molecule has 0 atom stereocenters. The molecule has 0 radical (unpaired) electrons. The fourth-order valence-corrected chi connectivity index (χ4v) is 1.81. The van der Waals surface area contributed by atoms with Crippen LogP contribution >= 0.6 is 0 Å². The fraction of sp³-hybridized carbons (Fsp3) is 0.0667. The van der Waals surface area contributed by atoms with Crippen LogP contribution in [-0.4, -0.2) is 4.92 Å². The Hall–Kier alpha value is -2.49. The lowest BCUT2D eigenvalue weighted by Gasteiger charge is -2.02. The van der Waals surface area contributed by atoms with Crippen LogP contribution < -0.4 is 0 Å². The first-order valence-electron chi connectivity index (χ1n) is 5.75. The van der Waals surface area contributed by atoms with Crippen molar-refractivity contribution in [3.63, 3.8) is 0 Å². The summed E-state index contributed by atoms with van der Waals surface area (Å²) in [7, 11) is 0. The first kappa shape index (κ1) is 13.0. The standard InChI is InChI=1S/C15H12FNO2/c1-11(12-6-8-14(16)9-7-12)10-13-4-2-3-5-15(13)17(18)19/h2-10H,1H3. The highest BCUT2D eigenvalue weighted by Gasteiger charge is 2.10. The summed E-state index contributed by atoms with van der Waals surface area (Å²) >= 11 is 0. The van der Waals surface area contributed by atoms with E-state index >= 15 is 0 Å². The second-order valence-electron chi connectivity index (χ2n) is 4.15. The summed E-state index contributed by atoms with van der Waals surface area (Å²) in [5, 5.41) is 10.9. The van der Waals surface area contributed by atoms with E-state index in [1.807, 2.05) is 6.92 Å². The van der Waals surface area contributed by atoms with Crippen LogP contribution in [-0.2, 0) is 0 Å². The molecule has 0 fully saturated rings. The molecule has 2 rings (SSSR count). The van der Waals surface area contributed by atoms with E-state index < -0.39 is 4.92 Å². The minimum absolute atomic E-state index is 0.0592. The van der Waals surface area contributed by atoms with Gasteiger partial charge in [-0.2, -0.15) is 0 Å². The van der Waals surface area contributed by atoms with Gasteiger partial charge in [-0.1, -0.05) is 24.3 Å². The van der Waals surface area contributed by atoms with Gasteiger partial charge in [-0.15, -0.1) is 0 Å². The topological polar surface area (TPSA) is 43.1 Å². The Morgan fingerprint density at radius 2 is 1.79 bits per heavy atom. The Morgan fingerprint density at radius 3 is 2.42 bits per heavy atom. The van der Waals surface area contributed by atoms with Gasteiger partial charge in [-0.25, -0.2) is 4.39 Å². The Balaban J connectivity index is 2.41. The number of rotatable bonds is 3. The summed E-state index contributed by atoms with van der Waals surface area (Å²) in [5.74, 6) is -0.303. The van der Waals surface area contributed by atoms with Gasteiger partial charge in [0.1, 0.15) is 5.82 Å². The first-order valence-corrected chi connectivity index (χ1v) is 5.75. The number of benzene rings is 2. The van der Waals surface area contributed by atoms with E-state index in [9.17, 15) is 14.5 Å². The van der Waals surface area contributed by atoms with Crippen LogP contribution in [0, 0.1) is 15.9 Å². The molecule has 0 unspecified atom stereocenters. The Morgan fingerprint density at radius 1 is 1.16 bits per heavy atom. The second-order valence-corrected chi connectivity index (χ2v) is 4.15. The van der Waals surface area contributed by atoms with Gasteiger partial charge >= 0.3 is 0 Å². The van der Waals surface area contributed by atoms with E-state index in [0.717, 1.165) is 11.1 Å². The predicted octanol–water partition coefficient (Wildman–Crippen LogP) is 4.29. The number of hydrogen-bond donors (Lipinski definition) is 0. The summed E-state index contributed by atoms with van der Waals surface area (Å²) in [6, 6.07) is 12.6. The van der Waals surface area contributed by atoms with Gasteiger partial charge in [0, 0.05) is 6.07 Å². The molecule has 0 amide bonds. The molecule has 3 nitrogen and oxygen atoms in total. The van der Waals surface area contributed by atoms with Crippen molar-refractivity contribution in [3.8, 4) is 0 Å². The fourth-order valence-electron chi connectivity index (χ4n) is 1.81. The van der Waals surface area contributed by atoms with Gasteiger partial charge < -0.3 is 0 Å². The van der Waals surface area contributed by atoms with Crippen molar-refractivity contribution in [2.45, 2.75) is 6.92 Å². The molecule has 19 heavy (non-hydrogen) atoms. The number of para-hydroxylation sites is 1. The molecule has 0 saturated heterocycles. The molecule has 4 heteroatoms. The lowest BCUT2D eigenvalue weighted by atomic mass is 10.0. The van der Waals surface area contributed by atoms with E-state index in [0.29, 0.717) is 5.56 Å². The molecule has 0 spiro atoms. The molecule has 0 N–H and O–H groups in total. The maximum absolute atomic E-state index is 12.8. The van der Waals surface area contributed by atoms with Crippen LogP contribution in [0.1, 0.15) is 18.1 Å². The highest BCUT2D eigenvalue weighted by molar-refractivity contribution is 5.82. The minimum Gasteiger partial charge on any atom is -0.258 e. The average molecular weight is 257 g/mol. The maximum Gasteiger partial charge on any atom is 0.276 e. The molecule has 0 aliphatic carbocycles. The highest BCUT2D eigenvalue weighted by Crippen LogP contribution is 2.24. The molecule has 0 saturated carbocycles.